The maximum atomic E-state index is 13.4. The number of esters is 1. The van der Waals surface area contributed by atoms with Crippen LogP contribution in [0.3, 0.4) is 0 Å². The molecular formula is C15H12FNO4. The summed E-state index contributed by atoms with van der Waals surface area (Å²) in [7, 11) is 0. The minimum Gasteiger partial charge on any atom is -0.457 e. The molecule has 2 aromatic carbocycles. The van der Waals surface area contributed by atoms with Gasteiger partial charge in [0.15, 0.2) is 0 Å². The third kappa shape index (κ3) is 3.22. The third-order valence-electron chi connectivity index (χ3n) is 3.04. The number of carbonyl (C=O) groups is 1. The van der Waals surface area contributed by atoms with Gasteiger partial charge in [-0.05, 0) is 19.1 Å². The first-order chi connectivity index (χ1) is 10.0. The number of hydrogen-bond donors (Lipinski definition) is 0. The van der Waals surface area contributed by atoms with Crippen molar-refractivity contribution in [2.24, 2.45) is 0 Å². The molecule has 0 heterocycles. The molecule has 0 atom stereocenters. The van der Waals surface area contributed by atoms with Gasteiger partial charge in [0.05, 0.1) is 10.5 Å². The van der Waals surface area contributed by atoms with Gasteiger partial charge in [-0.1, -0.05) is 24.3 Å². The van der Waals surface area contributed by atoms with E-state index in [9.17, 15) is 19.3 Å². The standard InChI is InChI=1S/C15H12FNO4/c1-10-12(6-4-8-14(10)17(19)20)15(18)21-9-11-5-2-3-7-13(11)16/h2-8H,9H2,1H3. The zero-order chi connectivity index (χ0) is 15.4. The van der Waals surface area contributed by atoms with E-state index < -0.39 is 16.7 Å². The molecule has 0 spiro atoms. The fourth-order valence-electron chi connectivity index (χ4n) is 1.88. The quantitative estimate of drug-likeness (QED) is 0.491. The molecule has 0 aliphatic heterocycles. The van der Waals surface area contributed by atoms with Crippen LogP contribution in [0, 0.1) is 22.9 Å². The van der Waals surface area contributed by atoms with Gasteiger partial charge in [0.1, 0.15) is 12.4 Å². The lowest BCUT2D eigenvalue weighted by molar-refractivity contribution is -0.385. The summed E-state index contributed by atoms with van der Waals surface area (Å²) in [5, 5.41) is 10.8. The molecule has 0 amide bonds. The Balaban J connectivity index is 2.16. The largest absolute Gasteiger partial charge is 0.457 e. The van der Waals surface area contributed by atoms with Gasteiger partial charge in [-0.25, -0.2) is 9.18 Å². The number of hydrogen-bond acceptors (Lipinski definition) is 4. The highest BCUT2D eigenvalue weighted by molar-refractivity contribution is 5.92. The van der Waals surface area contributed by atoms with E-state index in [4.69, 9.17) is 4.74 Å². The van der Waals surface area contributed by atoms with Crippen LogP contribution in [0.5, 0.6) is 0 Å². The van der Waals surface area contributed by atoms with E-state index in [-0.39, 0.29) is 29.0 Å². The number of nitro groups is 1. The highest BCUT2D eigenvalue weighted by atomic mass is 19.1. The van der Waals surface area contributed by atoms with Crippen LogP contribution in [0.15, 0.2) is 42.5 Å². The molecule has 2 aromatic rings. The van der Waals surface area contributed by atoms with Gasteiger partial charge in [0.2, 0.25) is 0 Å². The Morgan fingerprint density at radius 2 is 1.95 bits per heavy atom. The summed E-state index contributed by atoms with van der Waals surface area (Å²) >= 11 is 0. The molecule has 0 unspecified atom stereocenters. The zero-order valence-electron chi connectivity index (χ0n) is 11.2. The number of carbonyl (C=O) groups excluding carboxylic acids is 1. The van der Waals surface area contributed by atoms with Gasteiger partial charge in [-0.3, -0.25) is 10.1 Å². The van der Waals surface area contributed by atoms with Crippen molar-refractivity contribution >= 4 is 11.7 Å². The van der Waals surface area contributed by atoms with Gasteiger partial charge < -0.3 is 4.74 Å². The van der Waals surface area contributed by atoms with Crippen LogP contribution in [-0.2, 0) is 11.3 Å². The van der Waals surface area contributed by atoms with E-state index in [1.165, 1.54) is 43.3 Å². The summed E-state index contributed by atoms with van der Waals surface area (Å²) in [4.78, 5) is 22.2. The Kier molecular flexibility index (Phi) is 4.27. The van der Waals surface area contributed by atoms with E-state index in [1.54, 1.807) is 6.07 Å². The first-order valence-electron chi connectivity index (χ1n) is 6.15. The third-order valence-corrected chi connectivity index (χ3v) is 3.04. The van der Waals surface area contributed by atoms with Crippen molar-refractivity contribution in [3.05, 3.63) is 75.1 Å². The summed E-state index contributed by atoms with van der Waals surface area (Å²) in [5.74, 6) is -1.19. The van der Waals surface area contributed by atoms with Crippen LogP contribution in [-0.4, -0.2) is 10.9 Å². The SMILES string of the molecule is Cc1c(C(=O)OCc2ccccc2F)cccc1[N+](=O)[O-]. The molecular weight excluding hydrogens is 277 g/mol. The molecule has 0 saturated heterocycles. The number of nitrogens with zero attached hydrogens (tertiary/aromatic N) is 1. The smallest absolute Gasteiger partial charge is 0.338 e. The van der Waals surface area contributed by atoms with Crippen molar-refractivity contribution in [2.45, 2.75) is 13.5 Å². The van der Waals surface area contributed by atoms with E-state index >= 15 is 0 Å². The summed E-state index contributed by atoms with van der Waals surface area (Å²) < 4.78 is 18.4. The van der Waals surface area contributed by atoms with E-state index in [1.807, 2.05) is 0 Å². The van der Waals surface area contributed by atoms with Gasteiger partial charge >= 0.3 is 5.97 Å². The van der Waals surface area contributed by atoms with Crippen LogP contribution in [0.2, 0.25) is 0 Å². The van der Waals surface area contributed by atoms with E-state index in [0.29, 0.717) is 0 Å². The van der Waals surface area contributed by atoms with Crippen LogP contribution in [0.1, 0.15) is 21.5 Å². The normalized spacial score (nSPS) is 10.2. The number of nitro benzene ring substituents is 1. The Morgan fingerprint density at radius 3 is 2.62 bits per heavy atom. The van der Waals surface area contributed by atoms with Crippen molar-refractivity contribution in [1.82, 2.24) is 0 Å². The van der Waals surface area contributed by atoms with Crippen molar-refractivity contribution in [3.8, 4) is 0 Å². The molecule has 5 nitrogen and oxygen atoms in total. The Hall–Kier alpha value is -2.76. The van der Waals surface area contributed by atoms with Gasteiger partial charge in [-0.15, -0.1) is 0 Å². The molecule has 6 heteroatoms. The molecule has 0 aliphatic rings. The van der Waals surface area contributed by atoms with Crippen LogP contribution in [0.25, 0.3) is 0 Å². The second kappa shape index (κ2) is 6.13. The van der Waals surface area contributed by atoms with E-state index in [2.05, 4.69) is 0 Å². The average molecular weight is 289 g/mol. The second-order valence-corrected chi connectivity index (χ2v) is 4.37. The second-order valence-electron chi connectivity index (χ2n) is 4.37. The molecule has 0 saturated carbocycles. The van der Waals surface area contributed by atoms with Crippen LogP contribution in [0.4, 0.5) is 10.1 Å². The minimum absolute atomic E-state index is 0.0977. The number of benzene rings is 2. The molecule has 108 valence electrons. The predicted molar refractivity (Wildman–Crippen MR) is 73.4 cm³/mol. The maximum absolute atomic E-state index is 13.4. The monoisotopic (exact) mass is 289 g/mol. The fraction of sp³-hybridized carbons (Fsp3) is 0.133. The van der Waals surface area contributed by atoms with Gasteiger partial charge in [-0.2, -0.15) is 0 Å². The molecule has 0 radical (unpaired) electrons. The Bertz CT molecular complexity index is 700. The maximum Gasteiger partial charge on any atom is 0.338 e. The number of halogens is 1. The van der Waals surface area contributed by atoms with Gasteiger partial charge in [0, 0.05) is 17.2 Å². The van der Waals surface area contributed by atoms with Gasteiger partial charge in [0.25, 0.3) is 5.69 Å². The minimum atomic E-state index is -0.723. The van der Waals surface area contributed by atoms with Crippen molar-refractivity contribution < 1.29 is 18.8 Å². The van der Waals surface area contributed by atoms with Crippen molar-refractivity contribution in [1.29, 1.82) is 0 Å². The lowest BCUT2D eigenvalue weighted by Crippen LogP contribution is -2.09. The average Bonchev–Trinajstić information content (AvgIpc) is 2.46. The Labute approximate surface area is 120 Å². The number of ether oxygens (including phenoxy) is 1. The first-order valence-corrected chi connectivity index (χ1v) is 6.15. The van der Waals surface area contributed by atoms with E-state index in [0.717, 1.165) is 0 Å². The molecule has 0 aliphatic carbocycles. The highest BCUT2D eigenvalue weighted by Crippen LogP contribution is 2.22. The number of rotatable bonds is 4. The molecule has 0 fully saturated rings. The summed E-state index contributed by atoms with van der Waals surface area (Å²) in [6, 6.07) is 10.1. The lowest BCUT2D eigenvalue weighted by Gasteiger charge is -2.08. The van der Waals surface area contributed by atoms with Crippen molar-refractivity contribution in [2.75, 3.05) is 0 Å². The molecule has 2 rings (SSSR count). The molecule has 0 N–H and O–H groups in total. The first kappa shape index (κ1) is 14.6. The summed E-state index contributed by atoms with van der Waals surface area (Å²) in [6.45, 7) is 1.24. The summed E-state index contributed by atoms with van der Waals surface area (Å²) in [5.41, 5.74) is 0.408. The predicted octanol–water partition coefficient (Wildman–Crippen LogP) is 3.40. The fourth-order valence-corrected chi connectivity index (χ4v) is 1.88. The Morgan fingerprint density at radius 1 is 1.24 bits per heavy atom. The van der Waals surface area contributed by atoms with Crippen LogP contribution >= 0.6 is 0 Å². The highest BCUT2D eigenvalue weighted by Gasteiger charge is 2.19. The van der Waals surface area contributed by atoms with Crippen LogP contribution < -0.4 is 0 Å². The topological polar surface area (TPSA) is 69.4 Å². The summed E-state index contributed by atoms with van der Waals surface area (Å²) in [6.07, 6.45) is 0. The van der Waals surface area contributed by atoms with Crippen molar-refractivity contribution in [3.63, 3.8) is 0 Å². The molecule has 21 heavy (non-hydrogen) atoms. The molecule has 0 bridgehead atoms. The lowest BCUT2D eigenvalue weighted by atomic mass is 10.1. The zero-order valence-corrected chi connectivity index (χ0v) is 11.2. The molecule has 0 aromatic heterocycles.